The van der Waals surface area contributed by atoms with Gasteiger partial charge < -0.3 is 19.3 Å². The van der Waals surface area contributed by atoms with E-state index in [-0.39, 0.29) is 18.1 Å². The van der Waals surface area contributed by atoms with E-state index in [1.54, 1.807) is 4.90 Å². The van der Waals surface area contributed by atoms with Gasteiger partial charge in [-0.05, 0) is 40.0 Å². The molecule has 0 aliphatic carbocycles. The van der Waals surface area contributed by atoms with Crippen molar-refractivity contribution in [3.63, 3.8) is 0 Å². The van der Waals surface area contributed by atoms with Gasteiger partial charge in [0.2, 0.25) is 5.91 Å². The van der Waals surface area contributed by atoms with Gasteiger partial charge in [0.25, 0.3) is 0 Å². The second-order valence-corrected chi connectivity index (χ2v) is 7.04. The van der Waals surface area contributed by atoms with Gasteiger partial charge in [0.05, 0.1) is 12.5 Å². The van der Waals surface area contributed by atoms with E-state index < -0.39 is 5.60 Å². The number of carbonyl (C=O) groups excluding carboxylic acids is 2. The second kappa shape index (κ2) is 7.31. The van der Waals surface area contributed by atoms with Crippen LogP contribution in [0.4, 0.5) is 4.79 Å². The van der Waals surface area contributed by atoms with Crippen LogP contribution >= 0.6 is 0 Å². The first kappa shape index (κ1) is 17.1. The quantitative estimate of drug-likeness (QED) is 0.783. The minimum absolute atomic E-state index is 0.0742. The average Bonchev–Trinajstić information content (AvgIpc) is 2.46. The van der Waals surface area contributed by atoms with Crippen molar-refractivity contribution in [2.24, 2.45) is 0 Å². The van der Waals surface area contributed by atoms with Crippen molar-refractivity contribution in [1.29, 1.82) is 0 Å². The van der Waals surface area contributed by atoms with Crippen LogP contribution in [0.25, 0.3) is 0 Å². The Morgan fingerprint density at radius 3 is 2.27 bits per heavy atom. The van der Waals surface area contributed by atoms with E-state index >= 15 is 0 Å². The molecule has 0 saturated carbocycles. The number of hydrogen-bond acceptors (Lipinski definition) is 4. The first-order chi connectivity index (χ1) is 10.3. The third-order valence-corrected chi connectivity index (χ3v) is 3.96. The molecule has 2 rings (SSSR count). The zero-order valence-electron chi connectivity index (χ0n) is 14.0. The fourth-order valence-electron chi connectivity index (χ4n) is 2.76. The summed E-state index contributed by atoms with van der Waals surface area (Å²) in [5.41, 5.74) is -0.484. The fraction of sp³-hybridized carbons (Fsp3) is 0.875. The maximum absolute atomic E-state index is 12.3. The molecule has 2 saturated heterocycles. The van der Waals surface area contributed by atoms with E-state index in [1.807, 2.05) is 25.7 Å². The first-order valence-electron chi connectivity index (χ1n) is 8.22. The number of rotatable bonds is 2. The summed E-state index contributed by atoms with van der Waals surface area (Å²) in [6.07, 6.45) is 3.46. The van der Waals surface area contributed by atoms with Gasteiger partial charge in [-0.25, -0.2) is 4.79 Å². The Labute approximate surface area is 132 Å². The summed E-state index contributed by atoms with van der Waals surface area (Å²) in [5.74, 6) is 0.135. The number of amides is 2. The van der Waals surface area contributed by atoms with Gasteiger partial charge >= 0.3 is 6.09 Å². The lowest BCUT2D eigenvalue weighted by Gasteiger charge is -2.36. The van der Waals surface area contributed by atoms with Gasteiger partial charge in [-0.3, -0.25) is 4.79 Å². The lowest BCUT2D eigenvalue weighted by atomic mass is 10.1. The van der Waals surface area contributed by atoms with Crippen LogP contribution in [0.1, 0.15) is 46.5 Å². The molecule has 2 heterocycles. The molecule has 2 amide bonds. The molecule has 2 fully saturated rings. The molecule has 0 aromatic rings. The largest absolute Gasteiger partial charge is 0.444 e. The molecule has 2 aliphatic rings. The predicted octanol–water partition coefficient (Wildman–Crippen LogP) is 2.02. The van der Waals surface area contributed by atoms with E-state index in [0.29, 0.717) is 32.6 Å². The molecule has 0 radical (unpaired) electrons. The number of hydrogen-bond donors (Lipinski definition) is 0. The highest BCUT2D eigenvalue weighted by atomic mass is 16.6. The zero-order valence-corrected chi connectivity index (χ0v) is 14.0. The smallest absolute Gasteiger partial charge is 0.410 e. The van der Waals surface area contributed by atoms with Crippen LogP contribution in [0.5, 0.6) is 0 Å². The molecule has 0 aromatic heterocycles. The summed E-state index contributed by atoms with van der Waals surface area (Å²) in [4.78, 5) is 27.8. The van der Waals surface area contributed by atoms with E-state index in [1.165, 1.54) is 0 Å². The van der Waals surface area contributed by atoms with Crippen LogP contribution in [0, 0.1) is 0 Å². The Bertz CT molecular complexity index is 391. The third-order valence-electron chi connectivity index (χ3n) is 3.96. The monoisotopic (exact) mass is 312 g/mol. The van der Waals surface area contributed by atoms with Crippen LogP contribution in [-0.2, 0) is 14.3 Å². The van der Waals surface area contributed by atoms with Gasteiger partial charge in [0.1, 0.15) is 5.60 Å². The summed E-state index contributed by atoms with van der Waals surface area (Å²) in [7, 11) is 0. The van der Waals surface area contributed by atoms with Crippen LogP contribution in [0.15, 0.2) is 0 Å². The lowest BCUT2D eigenvalue weighted by molar-refractivity contribution is -0.136. The number of carbonyl (C=O) groups is 2. The molecule has 0 spiro atoms. The Balaban J connectivity index is 1.74. The topological polar surface area (TPSA) is 59.1 Å². The molecule has 0 bridgehead atoms. The fourth-order valence-corrected chi connectivity index (χ4v) is 2.76. The first-order valence-corrected chi connectivity index (χ1v) is 8.22. The Morgan fingerprint density at radius 2 is 1.73 bits per heavy atom. The minimum Gasteiger partial charge on any atom is -0.444 e. The number of ether oxygens (including phenoxy) is 2. The lowest BCUT2D eigenvalue weighted by Crippen LogP contribution is -2.52. The molecular weight excluding hydrogens is 284 g/mol. The summed E-state index contributed by atoms with van der Waals surface area (Å²) in [6, 6.07) is 0. The normalized spacial score (nSPS) is 23.3. The van der Waals surface area contributed by atoms with Crippen LogP contribution in [-0.4, -0.2) is 66.3 Å². The molecule has 0 N–H and O–H groups in total. The van der Waals surface area contributed by atoms with Gasteiger partial charge in [-0.15, -0.1) is 0 Å². The van der Waals surface area contributed by atoms with Crippen molar-refractivity contribution >= 4 is 12.0 Å². The van der Waals surface area contributed by atoms with Crippen LogP contribution in [0.2, 0.25) is 0 Å². The summed E-state index contributed by atoms with van der Waals surface area (Å²) in [5, 5.41) is 0. The molecular formula is C16H28N2O4. The zero-order chi connectivity index (χ0) is 16.2. The summed E-state index contributed by atoms with van der Waals surface area (Å²) < 4.78 is 11.0. The maximum Gasteiger partial charge on any atom is 0.410 e. The van der Waals surface area contributed by atoms with E-state index in [2.05, 4.69) is 0 Å². The van der Waals surface area contributed by atoms with Crippen molar-refractivity contribution in [3.8, 4) is 0 Å². The average molecular weight is 312 g/mol. The van der Waals surface area contributed by atoms with Gasteiger partial charge in [-0.1, -0.05) is 0 Å². The molecule has 1 unspecified atom stereocenters. The molecule has 6 nitrogen and oxygen atoms in total. The minimum atomic E-state index is -0.484. The van der Waals surface area contributed by atoms with Gasteiger partial charge in [0.15, 0.2) is 0 Å². The highest BCUT2D eigenvalue weighted by Gasteiger charge is 2.28. The van der Waals surface area contributed by atoms with Crippen molar-refractivity contribution < 1.29 is 19.1 Å². The summed E-state index contributed by atoms with van der Waals surface area (Å²) in [6.45, 7) is 8.55. The standard InChI is InChI=1S/C16H28N2O4/c1-16(2,3)22-15(20)18-9-7-17(8-10-18)14(19)12-13-6-4-5-11-21-13/h13H,4-12H2,1-3H3. The van der Waals surface area contributed by atoms with E-state index in [4.69, 9.17) is 9.47 Å². The van der Waals surface area contributed by atoms with Crippen molar-refractivity contribution in [3.05, 3.63) is 0 Å². The molecule has 126 valence electrons. The predicted molar refractivity (Wildman–Crippen MR) is 82.6 cm³/mol. The second-order valence-electron chi connectivity index (χ2n) is 7.04. The van der Waals surface area contributed by atoms with Gasteiger partial charge in [-0.2, -0.15) is 0 Å². The SMILES string of the molecule is CC(C)(C)OC(=O)N1CCN(C(=O)CC2CCCCO2)CC1. The molecule has 2 aliphatic heterocycles. The number of piperazine rings is 1. The molecule has 6 heteroatoms. The highest BCUT2D eigenvalue weighted by molar-refractivity contribution is 5.77. The third kappa shape index (κ3) is 5.16. The van der Waals surface area contributed by atoms with E-state index in [0.717, 1.165) is 25.9 Å². The number of nitrogens with zero attached hydrogens (tertiary/aromatic N) is 2. The van der Waals surface area contributed by atoms with Crippen molar-refractivity contribution in [2.45, 2.75) is 58.2 Å². The molecule has 22 heavy (non-hydrogen) atoms. The Morgan fingerprint density at radius 1 is 1.09 bits per heavy atom. The molecule has 1 atom stereocenters. The van der Waals surface area contributed by atoms with Gasteiger partial charge in [0, 0.05) is 32.8 Å². The highest BCUT2D eigenvalue weighted by Crippen LogP contribution is 2.18. The maximum atomic E-state index is 12.3. The van der Waals surface area contributed by atoms with Crippen LogP contribution < -0.4 is 0 Å². The molecule has 0 aromatic carbocycles. The van der Waals surface area contributed by atoms with Crippen molar-refractivity contribution in [2.75, 3.05) is 32.8 Å². The van der Waals surface area contributed by atoms with E-state index in [9.17, 15) is 9.59 Å². The Hall–Kier alpha value is -1.30. The Kier molecular flexibility index (Phi) is 5.67. The summed E-state index contributed by atoms with van der Waals surface area (Å²) >= 11 is 0. The van der Waals surface area contributed by atoms with Crippen molar-refractivity contribution in [1.82, 2.24) is 9.80 Å². The van der Waals surface area contributed by atoms with Crippen LogP contribution in [0.3, 0.4) is 0 Å².